The van der Waals surface area contributed by atoms with Crippen LogP contribution in [0.1, 0.15) is 33.9 Å². The highest BCUT2D eigenvalue weighted by Gasteiger charge is 2.18. The third-order valence-corrected chi connectivity index (χ3v) is 7.18. The molecule has 5 heterocycles. The molecule has 0 fully saturated rings. The third-order valence-electron chi connectivity index (χ3n) is 7.18. The summed E-state index contributed by atoms with van der Waals surface area (Å²) in [6.07, 6.45) is 8.27. The van der Waals surface area contributed by atoms with E-state index < -0.39 is 0 Å². The Bertz CT molecular complexity index is 1810. The Hall–Kier alpha value is -4.96. The van der Waals surface area contributed by atoms with Crippen LogP contribution >= 0.6 is 0 Å². The van der Waals surface area contributed by atoms with Crippen molar-refractivity contribution < 1.29 is 0 Å². The summed E-state index contributed by atoms with van der Waals surface area (Å²) < 4.78 is 0. The predicted molar refractivity (Wildman–Crippen MR) is 159 cm³/mol. The Morgan fingerprint density at radius 2 is 0.895 bits per heavy atom. The molecule has 4 nitrogen and oxygen atoms in total. The molecular weight excluding hydrogens is 464 g/mol. The first-order valence-electron chi connectivity index (χ1n) is 12.8. The number of hydrogen-bond acceptors (Lipinski definition) is 2. The van der Waals surface area contributed by atoms with Crippen LogP contribution in [0.4, 0.5) is 0 Å². The lowest BCUT2D eigenvalue weighted by Crippen LogP contribution is -1.88. The number of nitrogens with zero attached hydrogens (tertiary/aromatic N) is 2. The van der Waals surface area contributed by atoms with E-state index in [-0.39, 0.29) is 0 Å². The molecule has 2 aromatic carbocycles. The smallest absolute Gasteiger partial charge is 0.0658 e. The molecule has 2 aliphatic heterocycles. The maximum Gasteiger partial charge on any atom is 0.0658 e. The molecule has 0 aliphatic carbocycles. The van der Waals surface area contributed by atoms with Crippen LogP contribution in [0.3, 0.4) is 0 Å². The fraction of sp³-hybridized carbons (Fsp3) is 0.0588. The summed E-state index contributed by atoms with van der Waals surface area (Å²) in [5, 5.41) is 0. The van der Waals surface area contributed by atoms with Gasteiger partial charge < -0.3 is 9.97 Å². The van der Waals surface area contributed by atoms with Crippen molar-refractivity contribution in [2.75, 3.05) is 0 Å². The fourth-order valence-corrected chi connectivity index (χ4v) is 5.34. The second-order valence-electron chi connectivity index (χ2n) is 9.87. The average Bonchev–Trinajstić information content (AvgIpc) is 3.70. The minimum Gasteiger partial charge on any atom is -0.355 e. The van der Waals surface area contributed by atoms with Gasteiger partial charge in [-0.1, -0.05) is 48.5 Å². The molecule has 3 aromatic heterocycles. The first-order chi connectivity index (χ1) is 18.6. The number of fused-ring (bicyclic) bond motifs is 8. The van der Waals surface area contributed by atoms with Crippen molar-refractivity contribution in [3.05, 3.63) is 119 Å². The van der Waals surface area contributed by atoms with Crippen LogP contribution in [-0.4, -0.2) is 19.9 Å². The van der Waals surface area contributed by atoms with E-state index in [2.05, 4.69) is 133 Å². The summed E-state index contributed by atoms with van der Waals surface area (Å²) >= 11 is 0. The van der Waals surface area contributed by atoms with Gasteiger partial charge in [0.15, 0.2) is 0 Å². The lowest BCUT2D eigenvalue weighted by molar-refractivity contribution is 1.31. The van der Waals surface area contributed by atoms with Crippen molar-refractivity contribution in [2.24, 2.45) is 0 Å². The van der Waals surface area contributed by atoms with Gasteiger partial charge in [0.2, 0.25) is 0 Å². The van der Waals surface area contributed by atoms with Crippen LogP contribution in [0.25, 0.3) is 68.6 Å². The standard InChI is InChI=1S/C34H26N4/c1-21-7-3-5-9-29(21)33-31-19-27-15-13-25(36-27)17-23-11-12-24(35-23)18-26-14-16-28(37-26)20-32(38-31)34(33)30-10-6-4-8-22(30)2/h3-20,35,38H,1-2H3. The van der Waals surface area contributed by atoms with E-state index in [1.807, 2.05) is 0 Å². The monoisotopic (exact) mass is 490 g/mol. The maximum atomic E-state index is 4.91. The normalized spacial score (nSPS) is 12.3. The van der Waals surface area contributed by atoms with Crippen molar-refractivity contribution in [1.29, 1.82) is 0 Å². The zero-order valence-corrected chi connectivity index (χ0v) is 21.3. The quantitative estimate of drug-likeness (QED) is 0.255. The number of rotatable bonds is 2. The SMILES string of the molecule is Cc1ccccc1-c1c(-c2ccccc2C)c2cc3nc(cc4ccc(cc5nc(cc1[nH]2)C=C5)[nH]4)C=C3. The molecule has 182 valence electrons. The molecule has 0 unspecified atom stereocenters. The summed E-state index contributed by atoms with van der Waals surface area (Å²) in [4.78, 5) is 17.0. The number of aryl methyl sites for hydroxylation is 2. The van der Waals surface area contributed by atoms with E-state index in [4.69, 9.17) is 9.97 Å². The molecule has 2 aliphatic rings. The van der Waals surface area contributed by atoms with E-state index >= 15 is 0 Å². The van der Waals surface area contributed by atoms with Gasteiger partial charge in [0.05, 0.1) is 22.8 Å². The molecule has 0 amide bonds. The lowest BCUT2D eigenvalue weighted by Gasteiger charge is -2.11. The van der Waals surface area contributed by atoms with Crippen LogP contribution in [0.15, 0.2) is 84.9 Å². The molecular formula is C34H26N4. The minimum absolute atomic E-state index is 0.911. The number of H-pyrrole nitrogens is 2. The Kier molecular flexibility index (Phi) is 5.19. The topological polar surface area (TPSA) is 57.4 Å². The Morgan fingerprint density at radius 1 is 0.474 bits per heavy atom. The first-order valence-corrected chi connectivity index (χ1v) is 12.8. The van der Waals surface area contributed by atoms with E-state index in [1.54, 1.807) is 0 Å². The van der Waals surface area contributed by atoms with E-state index in [0.29, 0.717) is 0 Å². The van der Waals surface area contributed by atoms with Gasteiger partial charge in [-0.2, -0.15) is 0 Å². The van der Waals surface area contributed by atoms with Gasteiger partial charge >= 0.3 is 0 Å². The molecule has 0 saturated carbocycles. The second-order valence-corrected chi connectivity index (χ2v) is 9.87. The third kappa shape index (κ3) is 3.97. The first kappa shape index (κ1) is 22.3. The summed E-state index contributed by atoms with van der Waals surface area (Å²) in [5.41, 5.74) is 14.9. The largest absolute Gasteiger partial charge is 0.355 e. The van der Waals surface area contributed by atoms with Crippen LogP contribution in [0, 0.1) is 13.8 Å². The van der Waals surface area contributed by atoms with Crippen LogP contribution in [-0.2, 0) is 0 Å². The number of aromatic amines is 2. The molecule has 0 atom stereocenters. The van der Waals surface area contributed by atoms with Crippen LogP contribution in [0.2, 0.25) is 0 Å². The lowest BCUT2D eigenvalue weighted by atomic mass is 9.91. The van der Waals surface area contributed by atoms with Gasteiger partial charge in [0.1, 0.15) is 0 Å². The summed E-state index contributed by atoms with van der Waals surface area (Å²) in [7, 11) is 0. The zero-order chi connectivity index (χ0) is 25.6. The van der Waals surface area contributed by atoms with Crippen molar-refractivity contribution >= 4 is 46.4 Å². The van der Waals surface area contributed by atoms with Crippen LogP contribution < -0.4 is 0 Å². The van der Waals surface area contributed by atoms with Gasteiger partial charge in [0.25, 0.3) is 0 Å². The highest BCUT2D eigenvalue weighted by atomic mass is 14.8. The Morgan fingerprint density at radius 3 is 1.34 bits per heavy atom. The zero-order valence-electron chi connectivity index (χ0n) is 21.3. The molecule has 8 bridgehead atoms. The average molecular weight is 491 g/mol. The summed E-state index contributed by atoms with van der Waals surface area (Å²) in [6.45, 7) is 4.34. The van der Waals surface area contributed by atoms with E-state index in [1.165, 1.54) is 33.4 Å². The Balaban J connectivity index is 1.66. The summed E-state index contributed by atoms with van der Waals surface area (Å²) in [5.74, 6) is 0. The van der Waals surface area contributed by atoms with Gasteiger partial charge in [-0.25, -0.2) is 9.97 Å². The number of aromatic nitrogens is 4. The van der Waals surface area contributed by atoms with E-state index in [9.17, 15) is 0 Å². The maximum absolute atomic E-state index is 4.91. The van der Waals surface area contributed by atoms with Crippen molar-refractivity contribution in [3.8, 4) is 22.3 Å². The highest BCUT2D eigenvalue weighted by molar-refractivity contribution is 6.04. The molecule has 38 heavy (non-hydrogen) atoms. The van der Waals surface area contributed by atoms with Gasteiger partial charge in [0, 0.05) is 33.2 Å². The molecule has 0 spiro atoms. The fourth-order valence-electron chi connectivity index (χ4n) is 5.34. The molecule has 7 rings (SSSR count). The Labute approximate surface area is 221 Å². The van der Waals surface area contributed by atoms with Crippen LogP contribution in [0.5, 0.6) is 0 Å². The number of nitrogens with one attached hydrogen (secondary N) is 2. The number of benzene rings is 2. The molecule has 5 aromatic rings. The highest BCUT2D eigenvalue weighted by Crippen LogP contribution is 2.42. The molecule has 0 radical (unpaired) electrons. The predicted octanol–water partition coefficient (Wildman–Crippen LogP) is 8.61. The second kappa shape index (κ2) is 8.86. The van der Waals surface area contributed by atoms with Crippen molar-refractivity contribution in [2.45, 2.75) is 13.8 Å². The van der Waals surface area contributed by atoms with Crippen molar-refractivity contribution in [1.82, 2.24) is 19.9 Å². The molecule has 2 N–H and O–H groups in total. The summed E-state index contributed by atoms with van der Waals surface area (Å²) in [6, 6.07) is 29.7. The van der Waals surface area contributed by atoms with Gasteiger partial charge in [-0.05, 0) is 96.8 Å². The van der Waals surface area contributed by atoms with Crippen molar-refractivity contribution in [3.63, 3.8) is 0 Å². The minimum atomic E-state index is 0.911. The number of hydrogen-bond donors (Lipinski definition) is 2. The van der Waals surface area contributed by atoms with Gasteiger partial charge in [-0.3, -0.25) is 0 Å². The van der Waals surface area contributed by atoms with E-state index in [0.717, 1.165) is 44.8 Å². The molecule has 4 heteroatoms. The molecule has 0 saturated heterocycles. The van der Waals surface area contributed by atoms with Gasteiger partial charge in [-0.15, -0.1) is 0 Å².